The third-order valence-electron chi connectivity index (χ3n) is 13.5. The molecule has 0 aromatic heterocycles. The zero-order valence-corrected chi connectivity index (χ0v) is 50.8. The van der Waals surface area contributed by atoms with E-state index in [2.05, 4.69) is 68.4 Å². The zero-order chi connectivity index (χ0) is 54.0. The Kier molecular flexibility index (Phi) is 19.0. The molecule has 0 radical (unpaired) electrons. The SMILES string of the molecule is Cc1ccc2c(-c3c(OCOc4ccc(-c5ccc(OCOc6ccc(OCC7[CH-]O7)cc6)cc5)cc4)ccc4cc(C)ccc34)cc(OCOc3ccc(-c4ccc(OCOc5ccc(OCC6[CH-]O6)cc5)cc4)cc3)cc2c1.[W].[W]. The van der Waals surface area contributed by atoms with Crippen LogP contribution in [0.3, 0.4) is 0 Å². The van der Waals surface area contributed by atoms with Crippen molar-refractivity contribution in [3.63, 3.8) is 0 Å². The molecule has 2 aliphatic heterocycles. The second-order valence-corrected chi connectivity index (χ2v) is 19.3. The van der Waals surface area contributed by atoms with Crippen LogP contribution in [0, 0.1) is 27.1 Å². The Morgan fingerprint density at radius 3 is 1.04 bits per heavy atom. The molecule has 2 aliphatic rings. The van der Waals surface area contributed by atoms with Crippen LogP contribution in [0.1, 0.15) is 11.1 Å². The van der Waals surface area contributed by atoms with E-state index in [-0.39, 0.29) is 81.5 Å². The van der Waals surface area contributed by atoms with E-state index in [0.717, 1.165) is 72.0 Å². The van der Waals surface area contributed by atoms with Gasteiger partial charge in [0.2, 0.25) is 27.2 Å². The Hall–Kier alpha value is -7.98. The summed E-state index contributed by atoms with van der Waals surface area (Å²) in [7, 11) is 0. The maximum Gasteiger partial charge on any atom is 0.230 e. The van der Waals surface area contributed by atoms with Crippen LogP contribution < -0.4 is 47.4 Å². The van der Waals surface area contributed by atoms with E-state index in [0.29, 0.717) is 59.2 Å². The fraction of sp³-hybridized carbons (Fsp3) is 0.147. The maximum atomic E-state index is 6.55. The molecule has 2 heterocycles. The number of benzene rings is 10. The summed E-state index contributed by atoms with van der Waals surface area (Å²) in [5.41, 5.74) is 8.35. The fourth-order valence-corrected chi connectivity index (χ4v) is 9.10. The Labute approximate surface area is 505 Å². The second-order valence-electron chi connectivity index (χ2n) is 19.3. The standard InChI is InChI=1S/C68H56O12.2W/c1-45-4-31-65-51(33-45)13-32-67(80-44-78-58-20-11-50(12-21-58)48-7-16-56(17-8-48)74-42-76-60-28-24-54(25-29-60)70-38-63-40-72-63)68(65)66-36-61(35-52-34-46(2)3-30-64(52)66)79-43-77-57-18-9-49(10-19-57)47-5-14-55(15-6-47)73-41-75-59-26-22-53(23-27-59)69-37-62-39-71-62;;/h3-36,39-40,62-63H,37-38,41-44H2,1-2H3;;/q-2;;. The van der Waals surface area contributed by atoms with E-state index in [9.17, 15) is 0 Å². The Bertz CT molecular complexity index is 3680. The Balaban J connectivity index is 0.00000376. The molecule has 82 heavy (non-hydrogen) atoms. The van der Waals surface area contributed by atoms with E-state index in [1.807, 2.05) is 152 Å². The molecule has 2 fully saturated rings. The van der Waals surface area contributed by atoms with Gasteiger partial charge < -0.3 is 56.8 Å². The maximum absolute atomic E-state index is 6.55. The molecule has 10 aromatic rings. The van der Waals surface area contributed by atoms with Gasteiger partial charge in [-0.25, -0.2) is 0 Å². The van der Waals surface area contributed by atoms with Gasteiger partial charge in [-0.1, -0.05) is 102 Å². The number of epoxide rings is 2. The molecule has 10 aromatic carbocycles. The molecule has 0 bridgehead atoms. The van der Waals surface area contributed by atoms with E-state index >= 15 is 0 Å². The van der Waals surface area contributed by atoms with Crippen LogP contribution in [-0.2, 0) is 51.6 Å². The summed E-state index contributed by atoms with van der Waals surface area (Å²) in [6.45, 7) is 8.83. The molecule has 14 heteroatoms. The third-order valence-corrected chi connectivity index (χ3v) is 13.5. The van der Waals surface area contributed by atoms with Gasteiger partial charge in [0.05, 0.1) is 13.2 Å². The Morgan fingerprint density at radius 2 is 0.646 bits per heavy atom. The van der Waals surface area contributed by atoms with E-state index < -0.39 is 0 Å². The van der Waals surface area contributed by atoms with Crippen molar-refractivity contribution in [1.82, 2.24) is 0 Å². The molecule has 2 atom stereocenters. The minimum atomic E-state index is -0.0105. The predicted molar refractivity (Wildman–Crippen MR) is 307 cm³/mol. The van der Waals surface area contributed by atoms with Gasteiger partial charge in [-0.2, -0.15) is 13.2 Å². The number of aryl methyl sites for hydroxylation is 2. The predicted octanol–water partition coefficient (Wildman–Crippen LogP) is 15.1. The number of rotatable bonds is 25. The minimum Gasteiger partial charge on any atom is -0.567 e. The molecular weight excluding hydrogens is 1380 g/mol. The fourth-order valence-electron chi connectivity index (χ4n) is 9.10. The summed E-state index contributed by atoms with van der Waals surface area (Å²) in [4.78, 5) is 0. The third kappa shape index (κ3) is 15.1. The molecule has 0 saturated carbocycles. The zero-order valence-electron chi connectivity index (χ0n) is 44.9. The number of hydrogen-bond donors (Lipinski definition) is 0. The van der Waals surface area contributed by atoms with Crippen molar-refractivity contribution in [2.75, 3.05) is 40.4 Å². The molecule has 0 amide bonds. The monoisotopic (exact) mass is 1430 g/mol. The number of fused-ring (bicyclic) bond motifs is 2. The molecule has 414 valence electrons. The average molecular weight is 1430 g/mol. The van der Waals surface area contributed by atoms with Gasteiger partial charge >= 0.3 is 0 Å². The molecule has 12 nitrogen and oxygen atoms in total. The van der Waals surface area contributed by atoms with Crippen molar-refractivity contribution < 1.29 is 99.0 Å². The van der Waals surface area contributed by atoms with Gasteiger partial charge in [-0.05, 0) is 191 Å². The minimum absolute atomic E-state index is 0. The summed E-state index contributed by atoms with van der Waals surface area (Å²) in [6.07, 6.45) is 0.171. The smallest absolute Gasteiger partial charge is 0.230 e. The van der Waals surface area contributed by atoms with Gasteiger partial charge in [-0.3, -0.25) is 0 Å². The van der Waals surface area contributed by atoms with E-state index in [4.69, 9.17) is 56.8 Å². The van der Waals surface area contributed by atoms with Gasteiger partial charge in [0, 0.05) is 47.7 Å². The van der Waals surface area contributed by atoms with Gasteiger partial charge in [0.25, 0.3) is 0 Å². The summed E-state index contributed by atoms with van der Waals surface area (Å²) < 4.78 is 70.1. The summed E-state index contributed by atoms with van der Waals surface area (Å²) in [5.74, 6) is 6.99. The molecule has 2 saturated heterocycles. The van der Waals surface area contributed by atoms with Gasteiger partial charge in [0.15, 0.2) is 0 Å². The number of hydrogen-bond acceptors (Lipinski definition) is 12. The molecule has 0 spiro atoms. The van der Waals surface area contributed by atoms with Crippen molar-refractivity contribution >= 4 is 21.5 Å². The van der Waals surface area contributed by atoms with Gasteiger partial charge in [0.1, 0.15) is 57.5 Å². The Morgan fingerprint density at radius 1 is 0.317 bits per heavy atom. The van der Waals surface area contributed by atoms with Gasteiger partial charge in [-0.15, -0.1) is 0 Å². The largest absolute Gasteiger partial charge is 0.567 e. The van der Waals surface area contributed by atoms with Crippen LogP contribution in [0.25, 0.3) is 54.9 Å². The van der Waals surface area contributed by atoms with Crippen LogP contribution in [0.2, 0.25) is 0 Å². The van der Waals surface area contributed by atoms with Crippen LogP contribution in [0.4, 0.5) is 0 Å². The van der Waals surface area contributed by atoms with Crippen LogP contribution >= 0.6 is 0 Å². The summed E-state index contributed by atoms with van der Waals surface area (Å²) in [6, 6.07) is 67.7. The van der Waals surface area contributed by atoms with Crippen LogP contribution in [0.5, 0.6) is 57.5 Å². The second kappa shape index (κ2) is 27.2. The summed E-state index contributed by atoms with van der Waals surface area (Å²) >= 11 is 0. The first-order chi connectivity index (χ1) is 39.4. The van der Waals surface area contributed by atoms with E-state index in [1.165, 1.54) is 5.56 Å². The first-order valence-electron chi connectivity index (χ1n) is 26.3. The molecule has 0 aliphatic carbocycles. The molecule has 2 unspecified atom stereocenters. The topological polar surface area (TPSA) is 117 Å². The van der Waals surface area contributed by atoms with Crippen LogP contribution in [-0.4, -0.2) is 52.6 Å². The van der Waals surface area contributed by atoms with Crippen molar-refractivity contribution in [3.05, 3.63) is 231 Å². The summed E-state index contributed by atoms with van der Waals surface area (Å²) in [5, 5.41) is 4.24. The molecule has 0 N–H and O–H groups in total. The van der Waals surface area contributed by atoms with Crippen molar-refractivity contribution in [3.8, 4) is 90.9 Å². The quantitative estimate of drug-likeness (QED) is 0.0308. The first kappa shape index (κ1) is 57.3. The van der Waals surface area contributed by atoms with Crippen LogP contribution in [0.15, 0.2) is 206 Å². The molecule has 12 rings (SSSR count). The molecular formula is C68H56O12W2-2. The van der Waals surface area contributed by atoms with Crippen molar-refractivity contribution in [2.24, 2.45) is 0 Å². The average Bonchev–Trinajstić information content (AvgIpc) is 4.52. The number of ether oxygens (including phenoxy) is 12. The van der Waals surface area contributed by atoms with E-state index in [1.54, 1.807) is 13.2 Å². The normalized spacial score (nSPS) is 13.9. The van der Waals surface area contributed by atoms with Crippen molar-refractivity contribution in [2.45, 2.75) is 26.1 Å². The first-order valence-corrected chi connectivity index (χ1v) is 26.3. The van der Waals surface area contributed by atoms with Crippen molar-refractivity contribution in [1.29, 1.82) is 0 Å².